The van der Waals surface area contributed by atoms with Crippen molar-refractivity contribution in [2.24, 2.45) is 5.41 Å². The second-order valence-corrected chi connectivity index (χ2v) is 10.2. The van der Waals surface area contributed by atoms with Crippen molar-refractivity contribution in [1.82, 2.24) is 20.3 Å². The standard InChI is InChI=1S/C30H29ClN6/c1-21(28(17-22-10-12-26(31)13-11-22)24-7-4-6-23(16-24)19-32)36-29(30(2,3)20-33)25-8-5-9-27(18-25)37-34-14-15-35-37/h4-16,18,21,28-29,36H,17H2,1-3H3. The molecule has 4 rings (SSSR count). The first-order valence-corrected chi connectivity index (χ1v) is 12.6. The second kappa shape index (κ2) is 11.4. The average molecular weight is 509 g/mol. The SMILES string of the molecule is CC(NC(c1cccc(-n2nccn2)c1)C(C)(C)C#N)C(Cc1ccc(Cl)cc1)c1cccc(C#N)c1. The van der Waals surface area contributed by atoms with Gasteiger partial charge in [0.05, 0.1) is 47.2 Å². The van der Waals surface area contributed by atoms with Crippen LogP contribution in [0.5, 0.6) is 0 Å². The molecule has 0 saturated heterocycles. The van der Waals surface area contributed by atoms with Crippen LogP contribution < -0.4 is 5.32 Å². The molecular formula is C30H29ClN6. The van der Waals surface area contributed by atoms with Crippen LogP contribution in [0.2, 0.25) is 5.02 Å². The van der Waals surface area contributed by atoms with Gasteiger partial charge in [-0.1, -0.05) is 48.0 Å². The molecule has 1 heterocycles. The Hall–Kier alpha value is -3.97. The molecule has 0 radical (unpaired) electrons. The quantitative estimate of drug-likeness (QED) is 0.283. The average Bonchev–Trinajstić information content (AvgIpc) is 3.46. The molecule has 6 nitrogen and oxygen atoms in total. The molecular weight excluding hydrogens is 480 g/mol. The second-order valence-electron chi connectivity index (χ2n) is 9.81. The lowest BCUT2D eigenvalue weighted by Gasteiger charge is -2.36. The van der Waals surface area contributed by atoms with Gasteiger partial charge in [-0.05, 0) is 80.3 Å². The Bertz CT molecular complexity index is 1410. The van der Waals surface area contributed by atoms with Crippen molar-refractivity contribution in [3.05, 3.63) is 112 Å². The molecule has 0 spiro atoms. The van der Waals surface area contributed by atoms with E-state index in [0.717, 1.165) is 28.8 Å². The van der Waals surface area contributed by atoms with Gasteiger partial charge in [-0.2, -0.15) is 25.5 Å². The van der Waals surface area contributed by atoms with Gasteiger partial charge in [-0.15, -0.1) is 0 Å². The van der Waals surface area contributed by atoms with Crippen LogP contribution >= 0.6 is 11.6 Å². The summed E-state index contributed by atoms with van der Waals surface area (Å²) in [5, 5.41) is 32.6. The molecule has 0 aliphatic rings. The van der Waals surface area contributed by atoms with Crippen LogP contribution in [-0.4, -0.2) is 21.0 Å². The summed E-state index contributed by atoms with van der Waals surface area (Å²) in [5.41, 5.74) is 3.94. The molecule has 3 unspecified atom stereocenters. The van der Waals surface area contributed by atoms with Crippen LogP contribution in [0.3, 0.4) is 0 Å². The predicted octanol–water partition coefficient (Wildman–Crippen LogP) is 6.39. The maximum atomic E-state index is 10.1. The van der Waals surface area contributed by atoms with Gasteiger partial charge in [0.1, 0.15) is 0 Å². The van der Waals surface area contributed by atoms with Crippen molar-refractivity contribution < 1.29 is 0 Å². The van der Waals surface area contributed by atoms with Crippen molar-refractivity contribution in [2.45, 2.75) is 45.2 Å². The van der Waals surface area contributed by atoms with Gasteiger partial charge in [0.2, 0.25) is 0 Å². The van der Waals surface area contributed by atoms with Crippen molar-refractivity contribution in [3.8, 4) is 17.8 Å². The molecule has 0 aliphatic heterocycles. The minimum Gasteiger partial charge on any atom is -0.305 e. The Balaban J connectivity index is 1.71. The Morgan fingerprint density at radius 2 is 1.62 bits per heavy atom. The van der Waals surface area contributed by atoms with E-state index in [1.807, 2.05) is 80.6 Å². The van der Waals surface area contributed by atoms with E-state index >= 15 is 0 Å². The molecule has 0 bridgehead atoms. The maximum Gasteiger partial charge on any atom is 0.0991 e. The third-order valence-electron chi connectivity index (χ3n) is 6.71. The Kier molecular flexibility index (Phi) is 8.04. The molecule has 186 valence electrons. The summed E-state index contributed by atoms with van der Waals surface area (Å²) in [6.45, 7) is 6.03. The van der Waals surface area contributed by atoms with Crippen LogP contribution in [0.25, 0.3) is 5.69 Å². The lowest BCUT2D eigenvalue weighted by Crippen LogP contribution is -2.42. The molecule has 0 aliphatic carbocycles. The van der Waals surface area contributed by atoms with Crippen LogP contribution in [0.1, 0.15) is 55.0 Å². The van der Waals surface area contributed by atoms with Gasteiger partial charge in [0, 0.05) is 17.0 Å². The minimum absolute atomic E-state index is 0.0336. The van der Waals surface area contributed by atoms with E-state index in [1.54, 1.807) is 17.2 Å². The summed E-state index contributed by atoms with van der Waals surface area (Å²) < 4.78 is 0. The maximum absolute atomic E-state index is 10.1. The highest BCUT2D eigenvalue weighted by Crippen LogP contribution is 2.36. The van der Waals surface area contributed by atoms with Crippen molar-refractivity contribution in [2.75, 3.05) is 0 Å². The topological polar surface area (TPSA) is 90.3 Å². The molecule has 3 aromatic carbocycles. The number of halogens is 1. The number of rotatable bonds is 9. The lowest BCUT2D eigenvalue weighted by molar-refractivity contribution is 0.281. The third-order valence-corrected chi connectivity index (χ3v) is 6.96. The molecule has 0 fully saturated rings. The number of nitrogens with zero attached hydrogens (tertiary/aromatic N) is 5. The monoisotopic (exact) mass is 508 g/mol. The summed E-state index contributed by atoms with van der Waals surface area (Å²) in [6.07, 6.45) is 4.03. The molecule has 37 heavy (non-hydrogen) atoms. The molecule has 3 atom stereocenters. The van der Waals surface area contributed by atoms with E-state index in [9.17, 15) is 10.5 Å². The van der Waals surface area contributed by atoms with Gasteiger partial charge in [-0.3, -0.25) is 0 Å². The zero-order valence-electron chi connectivity index (χ0n) is 21.1. The van der Waals surface area contributed by atoms with Crippen LogP contribution in [-0.2, 0) is 6.42 Å². The number of hydrogen-bond acceptors (Lipinski definition) is 5. The lowest BCUT2D eigenvalue weighted by atomic mass is 9.79. The smallest absolute Gasteiger partial charge is 0.0991 e. The highest BCUT2D eigenvalue weighted by molar-refractivity contribution is 6.30. The fourth-order valence-corrected chi connectivity index (χ4v) is 4.77. The first kappa shape index (κ1) is 26.1. The fraction of sp³-hybridized carbons (Fsp3) is 0.267. The molecule has 1 aromatic heterocycles. The van der Waals surface area contributed by atoms with Crippen LogP contribution in [0, 0.1) is 28.1 Å². The molecule has 7 heteroatoms. The summed E-state index contributed by atoms with van der Waals surface area (Å²) in [7, 11) is 0. The first-order chi connectivity index (χ1) is 17.8. The van der Waals surface area contributed by atoms with Crippen molar-refractivity contribution in [1.29, 1.82) is 10.5 Å². The Morgan fingerprint density at radius 3 is 2.30 bits per heavy atom. The normalized spacial score (nSPS) is 13.8. The van der Waals surface area contributed by atoms with E-state index in [0.29, 0.717) is 10.6 Å². The summed E-state index contributed by atoms with van der Waals surface area (Å²) in [5.74, 6) is 0.0439. The number of hydrogen-bond donors (Lipinski definition) is 1. The Labute approximate surface area is 223 Å². The summed E-state index contributed by atoms with van der Waals surface area (Å²) >= 11 is 6.13. The predicted molar refractivity (Wildman–Crippen MR) is 145 cm³/mol. The molecule has 1 N–H and O–H groups in total. The largest absolute Gasteiger partial charge is 0.305 e. The highest BCUT2D eigenvalue weighted by atomic mass is 35.5. The number of aromatic nitrogens is 3. The van der Waals surface area contributed by atoms with E-state index < -0.39 is 5.41 Å². The third kappa shape index (κ3) is 6.24. The van der Waals surface area contributed by atoms with E-state index in [-0.39, 0.29) is 18.0 Å². The van der Waals surface area contributed by atoms with Gasteiger partial charge < -0.3 is 5.32 Å². The molecule has 4 aromatic rings. The van der Waals surface area contributed by atoms with Crippen molar-refractivity contribution >= 4 is 11.6 Å². The van der Waals surface area contributed by atoms with Crippen LogP contribution in [0.15, 0.2) is 85.2 Å². The van der Waals surface area contributed by atoms with E-state index in [4.69, 9.17) is 11.6 Å². The molecule has 0 amide bonds. The Morgan fingerprint density at radius 1 is 0.946 bits per heavy atom. The minimum atomic E-state index is -0.705. The van der Waals surface area contributed by atoms with Crippen molar-refractivity contribution in [3.63, 3.8) is 0 Å². The number of nitriles is 2. The zero-order valence-corrected chi connectivity index (χ0v) is 21.9. The summed E-state index contributed by atoms with van der Waals surface area (Å²) in [6, 6.07) is 28.0. The number of benzene rings is 3. The highest BCUT2D eigenvalue weighted by Gasteiger charge is 2.34. The van der Waals surface area contributed by atoms with E-state index in [2.05, 4.69) is 40.6 Å². The zero-order chi connectivity index (χ0) is 26.4. The van der Waals surface area contributed by atoms with Gasteiger partial charge in [0.15, 0.2) is 0 Å². The summed E-state index contributed by atoms with van der Waals surface area (Å²) in [4.78, 5) is 1.57. The van der Waals surface area contributed by atoms with Gasteiger partial charge in [0.25, 0.3) is 0 Å². The fourth-order valence-electron chi connectivity index (χ4n) is 4.64. The van der Waals surface area contributed by atoms with Gasteiger partial charge >= 0.3 is 0 Å². The van der Waals surface area contributed by atoms with Gasteiger partial charge in [-0.25, -0.2) is 0 Å². The van der Waals surface area contributed by atoms with E-state index in [1.165, 1.54) is 0 Å². The van der Waals surface area contributed by atoms with Crippen LogP contribution in [0.4, 0.5) is 0 Å². The number of nitrogens with one attached hydrogen (secondary N) is 1. The molecule has 0 saturated carbocycles. The first-order valence-electron chi connectivity index (χ1n) is 12.2.